The average Bonchev–Trinajstić information content (AvgIpc) is 3.36. The summed E-state index contributed by atoms with van der Waals surface area (Å²) in [5.74, 6) is -1.22. The van der Waals surface area contributed by atoms with E-state index in [0.717, 1.165) is 31.3 Å². The van der Waals surface area contributed by atoms with Gasteiger partial charge in [0.05, 0.1) is 42.6 Å². The Bertz CT molecular complexity index is 1760. The molecule has 0 radical (unpaired) electrons. The predicted octanol–water partition coefficient (Wildman–Crippen LogP) is 3.84. The number of carbonyl (C=O) groups is 1. The van der Waals surface area contributed by atoms with Crippen molar-refractivity contribution in [2.75, 3.05) is 44.4 Å². The van der Waals surface area contributed by atoms with Gasteiger partial charge in [-0.2, -0.15) is 5.10 Å². The molecule has 9 nitrogen and oxygen atoms in total. The molecule has 7 rings (SSSR count). The third-order valence-corrected chi connectivity index (χ3v) is 9.42. The molecule has 1 aromatic heterocycles. The van der Waals surface area contributed by atoms with E-state index >= 15 is 0 Å². The molecule has 0 saturated carbocycles. The average molecular weight is 575 g/mol. The number of fused-ring (bicyclic) bond motifs is 4. The molecule has 0 aliphatic carbocycles. The van der Waals surface area contributed by atoms with Gasteiger partial charge in [0.2, 0.25) is 0 Å². The molecule has 0 atom stereocenters. The molecule has 0 bridgehead atoms. The van der Waals surface area contributed by atoms with Crippen LogP contribution < -0.4 is 9.64 Å². The lowest BCUT2D eigenvalue weighted by molar-refractivity contribution is 0.0342. The van der Waals surface area contributed by atoms with Gasteiger partial charge >= 0.3 is 0 Å². The molecule has 1 fully saturated rings. The van der Waals surface area contributed by atoms with Crippen LogP contribution in [-0.4, -0.2) is 68.5 Å². The lowest BCUT2D eigenvalue weighted by Gasteiger charge is -2.29. The number of amides is 1. The van der Waals surface area contributed by atoms with E-state index in [-0.39, 0.29) is 28.3 Å². The zero-order valence-electron chi connectivity index (χ0n) is 22.1. The number of halogens is 1. The van der Waals surface area contributed by atoms with Gasteiger partial charge in [0.15, 0.2) is 15.5 Å². The quantitative estimate of drug-likeness (QED) is 0.366. The van der Waals surface area contributed by atoms with Gasteiger partial charge in [0.1, 0.15) is 23.1 Å². The van der Waals surface area contributed by atoms with Crippen molar-refractivity contribution in [2.45, 2.75) is 17.2 Å². The lowest BCUT2D eigenvalue weighted by atomic mass is 10.0. The van der Waals surface area contributed by atoms with Crippen LogP contribution in [0.25, 0.3) is 16.9 Å². The zero-order chi connectivity index (χ0) is 28.1. The van der Waals surface area contributed by atoms with E-state index in [9.17, 15) is 17.6 Å². The van der Waals surface area contributed by atoms with E-state index < -0.39 is 27.3 Å². The van der Waals surface area contributed by atoms with Gasteiger partial charge in [-0.15, -0.1) is 0 Å². The first-order valence-electron chi connectivity index (χ1n) is 13.5. The van der Waals surface area contributed by atoms with Crippen molar-refractivity contribution in [3.05, 3.63) is 89.4 Å². The number of ether oxygens (including phenoxy) is 2. The molecular weight excluding hydrogens is 547 g/mol. The second-order valence-electron chi connectivity index (χ2n) is 10.3. The van der Waals surface area contributed by atoms with Crippen molar-refractivity contribution in [3.63, 3.8) is 0 Å². The van der Waals surface area contributed by atoms with Crippen molar-refractivity contribution >= 4 is 21.4 Å². The summed E-state index contributed by atoms with van der Waals surface area (Å²) in [7, 11) is -4.06. The number of aromatic nitrogens is 2. The minimum atomic E-state index is -4.06. The second-order valence-corrected chi connectivity index (χ2v) is 12.2. The Morgan fingerprint density at radius 1 is 0.927 bits per heavy atom. The molecule has 3 aromatic carbocycles. The molecule has 0 spiro atoms. The summed E-state index contributed by atoms with van der Waals surface area (Å²) in [6.07, 6.45) is 0. The summed E-state index contributed by atoms with van der Waals surface area (Å²) in [4.78, 5) is 17.6. The summed E-state index contributed by atoms with van der Waals surface area (Å²) in [5, 5.41) is 4.72. The Kier molecular flexibility index (Phi) is 6.37. The Balaban J connectivity index is 1.35. The molecule has 3 aliphatic heterocycles. The standard InChI is InChI=1S/C30H27FN4O5S/c31-24-5-3-4-22-28-23(19-41(37,38)29(22)24)27(30(36)34-14-17-40-26-7-2-1-6-25(26)34)32-35(28)21-10-8-20(9-11-21)18-33-12-15-39-16-13-33/h1-11H,12-19H2. The summed E-state index contributed by atoms with van der Waals surface area (Å²) in [5.41, 5.74) is 3.21. The Hall–Kier alpha value is -4.06. The summed E-state index contributed by atoms with van der Waals surface area (Å²) in [6.45, 7) is 4.49. The molecular formula is C30H27FN4O5S. The van der Waals surface area contributed by atoms with Crippen LogP contribution in [0.5, 0.6) is 5.75 Å². The molecule has 0 unspecified atom stereocenters. The third kappa shape index (κ3) is 4.50. The van der Waals surface area contributed by atoms with E-state index in [1.165, 1.54) is 6.07 Å². The van der Waals surface area contributed by atoms with Crippen LogP contribution in [0.3, 0.4) is 0 Å². The number of nitrogens with zero attached hydrogens (tertiary/aromatic N) is 4. The maximum atomic E-state index is 15.0. The van der Waals surface area contributed by atoms with Gasteiger partial charge in [-0.3, -0.25) is 9.69 Å². The minimum Gasteiger partial charge on any atom is -0.490 e. The molecule has 4 aromatic rings. The van der Waals surface area contributed by atoms with Gasteiger partial charge in [-0.05, 0) is 35.9 Å². The molecule has 1 amide bonds. The van der Waals surface area contributed by atoms with E-state index in [4.69, 9.17) is 14.6 Å². The van der Waals surface area contributed by atoms with Crippen LogP contribution >= 0.6 is 0 Å². The molecule has 3 aliphatic rings. The number of hydrogen-bond acceptors (Lipinski definition) is 7. The minimum absolute atomic E-state index is 0.0209. The summed E-state index contributed by atoms with van der Waals surface area (Å²) >= 11 is 0. The fourth-order valence-corrected chi connectivity index (χ4v) is 7.43. The summed E-state index contributed by atoms with van der Waals surface area (Å²) in [6, 6.07) is 19.1. The monoisotopic (exact) mass is 574 g/mol. The number of para-hydroxylation sites is 2. The van der Waals surface area contributed by atoms with Crippen LogP contribution in [0.1, 0.15) is 21.6 Å². The largest absolute Gasteiger partial charge is 0.490 e. The fraction of sp³-hybridized carbons (Fsp3) is 0.267. The second kappa shape index (κ2) is 10.1. The van der Waals surface area contributed by atoms with Gasteiger partial charge in [-0.1, -0.05) is 36.4 Å². The van der Waals surface area contributed by atoms with Crippen molar-refractivity contribution in [1.29, 1.82) is 0 Å². The first kappa shape index (κ1) is 25.9. The van der Waals surface area contributed by atoms with E-state index in [1.807, 2.05) is 36.4 Å². The highest BCUT2D eigenvalue weighted by molar-refractivity contribution is 7.91. The lowest BCUT2D eigenvalue weighted by Crippen LogP contribution is -2.38. The van der Waals surface area contributed by atoms with E-state index in [0.29, 0.717) is 42.6 Å². The third-order valence-electron chi connectivity index (χ3n) is 7.72. The SMILES string of the molecule is O=C(c1nn(-c2ccc(CN3CCOCC3)cc2)c2c1CS(=O)(=O)c1c(F)cccc1-2)N1CCOc2ccccc21. The normalized spacial score (nSPS) is 17.7. The number of sulfone groups is 1. The number of rotatable bonds is 4. The molecule has 210 valence electrons. The van der Waals surface area contributed by atoms with Gasteiger partial charge in [0.25, 0.3) is 5.91 Å². The van der Waals surface area contributed by atoms with E-state index in [1.54, 1.807) is 27.8 Å². The Labute approximate surface area is 236 Å². The van der Waals surface area contributed by atoms with Crippen LogP contribution in [0.4, 0.5) is 10.1 Å². The first-order chi connectivity index (χ1) is 19.9. The number of morpholine rings is 1. The van der Waals surface area contributed by atoms with Gasteiger partial charge in [-0.25, -0.2) is 17.5 Å². The van der Waals surface area contributed by atoms with Crippen molar-refractivity contribution in [1.82, 2.24) is 14.7 Å². The number of anilines is 1. The topological polar surface area (TPSA) is 94.0 Å². The predicted molar refractivity (Wildman–Crippen MR) is 150 cm³/mol. The van der Waals surface area contributed by atoms with Gasteiger partial charge in [0, 0.05) is 30.8 Å². The zero-order valence-corrected chi connectivity index (χ0v) is 22.9. The molecule has 41 heavy (non-hydrogen) atoms. The van der Waals surface area contributed by atoms with Crippen LogP contribution in [0.2, 0.25) is 0 Å². The highest BCUT2D eigenvalue weighted by atomic mass is 32.2. The van der Waals surface area contributed by atoms with Crippen molar-refractivity contribution in [2.24, 2.45) is 0 Å². The van der Waals surface area contributed by atoms with Crippen LogP contribution in [0.15, 0.2) is 71.6 Å². The summed E-state index contributed by atoms with van der Waals surface area (Å²) < 4.78 is 54.4. The molecule has 0 N–H and O–H groups in total. The van der Waals surface area contributed by atoms with Crippen molar-refractivity contribution < 1.29 is 27.1 Å². The maximum absolute atomic E-state index is 15.0. The molecule has 1 saturated heterocycles. The Morgan fingerprint density at radius 3 is 2.51 bits per heavy atom. The maximum Gasteiger partial charge on any atom is 0.279 e. The molecule has 4 heterocycles. The van der Waals surface area contributed by atoms with Crippen LogP contribution in [-0.2, 0) is 26.9 Å². The highest BCUT2D eigenvalue weighted by Gasteiger charge is 2.39. The molecule has 11 heteroatoms. The van der Waals surface area contributed by atoms with E-state index in [2.05, 4.69) is 4.90 Å². The van der Waals surface area contributed by atoms with Crippen molar-refractivity contribution in [3.8, 4) is 22.7 Å². The Morgan fingerprint density at radius 2 is 1.71 bits per heavy atom. The number of hydrogen-bond donors (Lipinski definition) is 0. The first-order valence-corrected chi connectivity index (χ1v) is 15.1. The smallest absolute Gasteiger partial charge is 0.279 e. The fourth-order valence-electron chi connectivity index (χ4n) is 5.76. The van der Waals surface area contributed by atoms with Crippen LogP contribution in [0, 0.1) is 5.82 Å². The number of carbonyl (C=O) groups excluding carboxylic acids is 1. The highest BCUT2D eigenvalue weighted by Crippen LogP contribution is 2.42. The van der Waals surface area contributed by atoms with Gasteiger partial charge < -0.3 is 14.4 Å². The number of benzene rings is 3.